The minimum atomic E-state index is -0.0127. The quantitative estimate of drug-likeness (QED) is 0.540. The van der Waals surface area contributed by atoms with Gasteiger partial charge in [-0.25, -0.2) is 0 Å². The zero-order valence-corrected chi connectivity index (χ0v) is 13.9. The summed E-state index contributed by atoms with van der Waals surface area (Å²) in [5.41, 5.74) is 0.438. The summed E-state index contributed by atoms with van der Waals surface area (Å²) in [6, 6.07) is 3.45. The molecule has 0 bridgehead atoms. The molecule has 1 aromatic carbocycles. The smallest absolute Gasteiger partial charge is 0.496 e. The maximum absolute atomic E-state index is 12.3. The SMILES string of the molecule is COc1ccc(OC)c(C(=O)[P-]CC(C)C)c1OC.[Li+]. The van der Waals surface area contributed by atoms with Crippen molar-refractivity contribution >= 4 is 14.1 Å². The van der Waals surface area contributed by atoms with Crippen molar-refractivity contribution in [2.45, 2.75) is 13.8 Å². The molecule has 1 rings (SSSR count). The molecule has 106 valence electrons. The van der Waals surface area contributed by atoms with E-state index in [0.717, 1.165) is 14.7 Å². The maximum atomic E-state index is 12.3. The van der Waals surface area contributed by atoms with Crippen molar-refractivity contribution < 1.29 is 37.9 Å². The Kier molecular flexibility index (Phi) is 8.97. The van der Waals surface area contributed by atoms with Crippen LogP contribution in [-0.2, 0) is 0 Å². The van der Waals surface area contributed by atoms with Gasteiger partial charge in [0.1, 0.15) is 5.75 Å². The fourth-order valence-corrected chi connectivity index (χ4v) is 2.53. The van der Waals surface area contributed by atoms with E-state index in [0.29, 0.717) is 28.7 Å². The van der Waals surface area contributed by atoms with Gasteiger partial charge in [-0.05, 0) is 12.1 Å². The number of hydrogen-bond donors (Lipinski definition) is 0. The summed E-state index contributed by atoms with van der Waals surface area (Å²) in [6.07, 6.45) is 0.808. The summed E-state index contributed by atoms with van der Waals surface area (Å²) in [5, 5.41) is 0. The minimum absolute atomic E-state index is 0. The Hall–Kier alpha value is -0.683. The van der Waals surface area contributed by atoms with Crippen molar-refractivity contribution in [2.75, 3.05) is 27.5 Å². The molecule has 0 radical (unpaired) electrons. The van der Waals surface area contributed by atoms with Gasteiger partial charge in [-0.1, -0.05) is 19.8 Å². The standard InChI is InChI=1S/C14H20O4P.Li/c1-9(2)8-19-14(15)12-10(16-3)6-7-11(17-4)13(12)18-5;/h6-7,9H,8H2,1-5H3;/q-1;+1. The van der Waals surface area contributed by atoms with Gasteiger partial charge in [0.25, 0.3) is 0 Å². The first-order valence-corrected chi connectivity index (χ1v) is 7.13. The molecule has 1 aromatic rings. The first-order valence-electron chi connectivity index (χ1n) is 6.05. The third-order valence-corrected chi connectivity index (χ3v) is 3.96. The van der Waals surface area contributed by atoms with Crippen LogP contribution in [0.15, 0.2) is 12.1 Å². The monoisotopic (exact) mass is 290 g/mol. The van der Waals surface area contributed by atoms with Gasteiger partial charge in [0, 0.05) is 5.52 Å². The Morgan fingerprint density at radius 3 is 2.10 bits per heavy atom. The van der Waals surface area contributed by atoms with E-state index in [1.807, 2.05) is 0 Å². The fraction of sp³-hybridized carbons (Fsp3) is 0.500. The van der Waals surface area contributed by atoms with Crippen molar-refractivity contribution in [3.05, 3.63) is 17.7 Å². The molecule has 4 nitrogen and oxygen atoms in total. The Balaban J connectivity index is 0.00000361. The third kappa shape index (κ3) is 4.70. The van der Waals surface area contributed by atoms with E-state index < -0.39 is 0 Å². The summed E-state index contributed by atoms with van der Waals surface area (Å²) in [6.45, 7) is 4.17. The van der Waals surface area contributed by atoms with Crippen LogP contribution in [0.5, 0.6) is 17.2 Å². The first kappa shape index (κ1) is 19.3. The van der Waals surface area contributed by atoms with Crippen molar-refractivity contribution in [1.29, 1.82) is 0 Å². The molecule has 0 amide bonds. The van der Waals surface area contributed by atoms with Crippen molar-refractivity contribution in [1.82, 2.24) is 0 Å². The second-order valence-electron chi connectivity index (χ2n) is 4.42. The molecular formula is C14H20LiO4P. The van der Waals surface area contributed by atoms with Crippen LogP contribution in [0.1, 0.15) is 24.2 Å². The van der Waals surface area contributed by atoms with Gasteiger partial charge in [0.05, 0.1) is 26.9 Å². The average Bonchev–Trinajstić information content (AvgIpc) is 2.42. The van der Waals surface area contributed by atoms with Crippen LogP contribution in [0, 0.1) is 5.92 Å². The van der Waals surface area contributed by atoms with Crippen molar-refractivity contribution in [3.8, 4) is 17.2 Å². The van der Waals surface area contributed by atoms with E-state index in [4.69, 9.17) is 14.2 Å². The summed E-state index contributed by atoms with van der Waals surface area (Å²) < 4.78 is 15.8. The van der Waals surface area contributed by atoms with Crippen LogP contribution < -0.4 is 33.1 Å². The van der Waals surface area contributed by atoms with Crippen molar-refractivity contribution in [2.24, 2.45) is 5.92 Å². The van der Waals surface area contributed by atoms with Gasteiger partial charge >= 0.3 is 18.9 Å². The molecule has 20 heavy (non-hydrogen) atoms. The molecule has 0 aliphatic carbocycles. The van der Waals surface area contributed by atoms with Crippen LogP contribution in [-0.4, -0.2) is 33.0 Å². The molecule has 0 N–H and O–H groups in total. The largest absolute Gasteiger partial charge is 1.00 e. The zero-order valence-electron chi connectivity index (χ0n) is 13.0. The molecule has 0 unspecified atom stereocenters. The molecule has 0 aliphatic rings. The van der Waals surface area contributed by atoms with Crippen molar-refractivity contribution in [3.63, 3.8) is 0 Å². The normalized spacial score (nSPS) is 10.5. The summed E-state index contributed by atoms with van der Waals surface area (Å²) >= 11 is 0. The van der Waals surface area contributed by atoms with E-state index in [1.165, 1.54) is 14.2 Å². The number of benzene rings is 1. The Labute approximate surface area is 134 Å². The van der Waals surface area contributed by atoms with Gasteiger partial charge in [-0.15, -0.1) is 0 Å². The number of hydrogen-bond acceptors (Lipinski definition) is 4. The molecule has 0 fully saturated rings. The zero-order chi connectivity index (χ0) is 14.4. The Morgan fingerprint density at radius 2 is 1.65 bits per heavy atom. The third-order valence-electron chi connectivity index (χ3n) is 2.54. The van der Waals surface area contributed by atoms with Gasteiger partial charge in [0.2, 0.25) is 0 Å². The van der Waals surface area contributed by atoms with Gasteiger partial charge in [-0.2, -0.15) is 6.16 Å². The van der Waals surface area contributed by atoms with Gasteiger partial charge < -0.3 is 27.6 Å². The van der Waals surface area contributed by atoms with E-state index >= 15 is 0 Å². The predicted octanol–water partition coefficient (Wildman–Crippen LogP) is 0.459. The molecule has 0 saturated carbocycles. The molecular weight excluding hydrogens is 270 g/mol. The predicted molar refractivity (Wildman–Crippen MR) is 77.1 cm³/mol. The summed E-state index contributed by atoms with van der Waals surface area (Å²) in [4.78, 5) is 12.3. The average molecular weight is 290 g/mol. The van der Waals surface area contributed by atoms with Crippen LogP contribution in [0.2, 0.25) is 0 Å². The molecule has 0 heterocycles. The molecule has 6 heteroatoms. The molecule has 0 atom stereocenters. The summed E-state index contributed by atoms with van der Waals surface area (Å²) in [5.74, 6) is 1.95. The number of ether oxygens (including phenoxy) is 3. The molecule has 0 spiro atoms. The van der Waals surface area contributed by atoms with Gasteiger partial charge in [0.15, 0.2) is 11.5 Å². The van der Waals surface area contributed by atoms with Crippen LogP contribution in [0.25, 0.3) is 0 Å². The van der Waals surface area contributed by atoms with Crippen LogP contribution in [0.3, 0.4) is 0 Å². The minimum Gasteiger partial charge on any atom is -0.496 e. The van der Waals surface area contributed by atoms with E-state index in [-0.39, 0.29) is 24.4 Å². The number of methoxy groups -OCH3 is 3. The Morgan fingerprint density at radius 1 is 1.10 bits per heavy atom. The number of rotatable bonds is 7. The fourth-order valence-electron chi connectivity index (χ4n) is 1.63. The first-order chi connectivity index (χ1) is 9.04. The van der Waals surface area contributed by atoms with E-state index in [2.05, 4.69) is 13.8 Å². The topological polar surface area (TPSA) is 44.8 Å². The second kappa shape index (κ2) is 9.29. The van der Waals surface area contributed by atoms with E-state index in [1.54, 1.807) is 19.2 Å². The van der Waals surface area contributed by atoms with Crippen LogP contribution >= 0.6 is 8.58 Å². The molecule has 0 saturated heterocycles. The van der Waals surface area contributed by atoms with Gasteiger partial charge in [-0.3, -0.25) is 0 Å². The van der Waals surface area contributed by atoms with Crippen LogP contribution in [0.4, 0.5) is 0 Å². The molecule has 0 aliphatic heterocycles. The maximum Gasteiger partial charge on any atom is 1.00 e. The second-order valence-corrected chi connectivity index (χ2v) is 5.51. The number of carbonyl (C=O) groups excluding carboxylic acids is 1. The Bertz CT molecular complexity index is 449. The summed E-state index contributed by atoms with van der Waals surface area (Å²) in [7, 11) is 5.34. The molecule has 0 aromatic heterocycles. The van der Waals surface area contributed by atoms with E-state index in [9.17, 15) is 4.79 Å². The number of carbonyl (C=O) groups is 1.